The average Bonchev–Trinajstić information content (AvgIpc) is 2.47. The van der Waals surface area contributed by atoms with Gasteiger partial charge in [0.15, 0.2) is 0 Å². The number of fused-ring (bicyclic) bond motifs is 1. The molecule has 106 valence electrons. The van der Waals surface area contributed by atoms with Crippen LogP contribution in [0.3, 0.4) is 0 Å². The molecular weight excluding hydrogens is 272 g/mol. The molecule has 0 bridgehead atoms. The molecule has 1 heterocycles. The number of benzene rings is 1. The minimum absolute atomic E-state index is 0.687. The van der Waals surface area contributed by atoms with E-state index in [4.69, 9.17) is 11.6 Å². The number of nitrogens with zero attached hydrogens (tertiary/aromatic N) is 3. The Hall–Kier alpha value is -1.65. The Labute approximate surface area is 124 Å². The van der Waals surface area contributed by atoms with Gasteiger partial charge in [0.1, 0.15) is 0 Å². The smallest absolute Gasteiger partial charge is 0.0738 e. The highest BCUT2D eigenvalue weighted by Gasteiger charge is 2.01. The third-order valence-electron chi connectivity index (χ3n) is 3.22. The van der Waals surface area contributed by atoms with Gasteiger partial charge >= 0.3 is 0 Å². The summed E-state index contributed by atoms with van der Waals surface area (Å²) in [6, 6.07) is 7.57. The number of aromatic nitrogens is 1. The van der Waals surface area contributed by atoms with Crippen LogP contribution >= 0.6 is 11.6 Å². The summed E-state index contributed by atoms with van der Waals surface area (Å²) < 4.78 is 0. The highest BCUT2D eigenvalue weighted by Crippen LogP contribution is 2.24. The van der Waals surface area contributed by atoms with Crippen molar-refractivity contribution in [3.05, 3.63) is 35.5 Å². The van der Waals surface area contributed by atoms with Crippen molar-refractivity contribution in [1.82, 2.24) is 9.88 Å². The first-order valence-electron chi connectivity index (χ1n) is 6.78. The molecular formula is C15H19ClN4. The van der Waals surface area contributed by atoms with Crippen molar-refractivity contribution >= 4 is 34.4 Å². The second-order valence-corrected chi connectivity index (χ2v) is 4.87. The largest absolute Gasteiger partial charge is 0.299 e. The predicted molar refractivity (Wildman–Crippen MR) is 86.7 cm³/mol. The zero-order chi connectivity index (χ0) is 14.4. The maximum atomic E-state index is 5.97. The van der Waals surface area contributed by atoms with Crippen molar-refractivity contribution in [2.75, 3.05) is 25.1 Å². The van der Waals surface area contributed by atoms with Crippen molar-refractivity contribution < 1.29 is 0 Å². The van der Waals surface area contributed by atoms with E-state index in [2.05, 4.69) is 34.3 Å². The van der Waals surface area contributed by atoms with Gasteiger partial charge in [0, 0.05) is 29.4 Å². The molecule has 2 aromatic rings. The second-order valence-electron chi connectivity index (χ2n) is 4.43. The van der Waals surface area contributed by atoms with Crippen LogP contribution in [0.25, 0.3) is 10.9 Å². The minimum atomic E-state index is 0.687. The van der Waals surface area contributed by atoms with E-state index in [0.29, 0.717) is 5.02 Å². The fourth-order valence-electron chi connectivity index (χ4n) is 1.97. The Morgan fingerprint density at radius 3 is 2.85 bits per heavy atom. The van der Waals surface area contributed by atoms with Crippen LogP contribution in [0.15, 0.2) is 35.6 Å². The van der Waals surface area contributed by atoms with Crippen LogP contribution in [0, 0.1) is 0 Å². The van der Waals surface area contributed by atoms with E-state index in [1.165, 1.54) is 0 Å². The van der Waals surface area contributed by atoms with Gasteiger partial charge in [-0.05, 0) is 37.4 Å². The van der Waals surface area contributed by atoms with Gasteiger partial charge in [0.25, 0.3) is 0 Å². The van der Waals surface area contributed by atoms with E-state index in [9.17, 15) is 0 Å². The van der Waals surface area contributed by atoms with Crippen LogP contribution in [0.5, 0.6) is 0 Å². The van der Waals surface area contributed by atoms with Crippen LogP contribution in [0.1, 0.15) is 13.8 Å². The van der Waals surface area contributed by atoms with Gasteiger partial charge in [-0.2, -0.15) is 5.10 Å². The lowest BCUT2D eigenvalue weighted by molar-refractivity contribution is 0.349. The molecule has 0 amide bonds. The normalized spacial score (nSPS) is 11.6. The molecule has 1 aromatic heterocycles. The van der Waals surface area contributed by atoms with E-state index in [1.807, 2.05) is 30.5 Å². The third kappa shape index (κ3) is 3.68. The Bertz CT molecular complexity index is 593. The van der Waals surface area contributed by atoms with Crippen LogP contribution in [-0.4, -0.2) is 35.7 Å². The molecule has 5 heteroatoms. The summed E-state index contributed by atoms with van der Waals surface area (Å²) in [6.07, 6.45) is 3.64. The first kappa shape index (κ1) is 14.8. The number of nitrogens with one attached hydrogen (secondary N) is 1. The van der Waals surface area contributed by atoms with Crippen molar-refractivity contribution in [2.45, 2.75) is 13.8 Å². The van der Waals surface area contributed by atoms with Crippen molar-refractivity contribution in [2.24, 2.45) is 5.10 Å². The molecule has 0 saturated carbocycles. The average molecular weight is 291 g/mol. The molecule has 0 aliphatic carbocycles. The fraction of sp³-hybridized carbons (Fsp3) is 0.333. The van der Waals surface area contributed by atoms with Crippen molar-refractivity contribution in [3.8, 4) is 0 Å². The van der Waals surface area contributed by atoms with E-state index in [1.54, 1.807) is 6.20 Å². The van der Waals surface area contributed by atoms with Gasteiger partial charge in [-0.15, -0.1) is 0 Å². The molecule has 0 aliphatic rings. The molecule has 1 aromatic carbocycles. The van der Waals surface area contributed by atoms with E-state index < -0.39 is 0 Å². The van der Waals surface area contributed by atoms with Crippen LogP contribution in [-0.2, 0) is 0 Å². The molecule has 2 rings (SSSR count). The number of rotatable bonds is 6. The van der Waals surface area contributed by atoms with Crippen LogP contribution in [0.2, 0.25) is 5.02 Å². The zero-order valence-corrected chi connectivity index (χ0v) is 12.6. The van der Waals surface area contributed by atoms with E-state index >= 15 is 0 Å². The number of hydrogen-bond donors (Lipinski definition) is 1. The molecule has 4 nitrogen and oxygen atoms in total. The molecule has 0 saturated heterocycles. The van der Waals surface area contributed by atoms with E-state index in [-0.39, 0.29) is 0 Å². The first-order valence-corrected chi connectivity index (χ1v) is 7.16. The zero-order valence-electron chi connectivity index (χ0n) is 11.8. The lowest BCUT2D eigenvalue weighted by Crippen LogP contribution is -2.24. The molecule has 20 heavy (non-hydrogen) atoms. The number of pyridine rings is 1. The number of anilines is 1. The minimum Gasteiger partial charge on any atom is -0.299 e. The number of hydrogen-bond acceptors (Lipinski definition) is 4. The summed E-state index contributed by atoms with van der Waals surface area (Å²) in [7, 11) is 0. The molecule has 0 spiro atoms. The lowest BCUT2D eigenvalue weighted by atomic mass is 10.2. The Balaban J connectivity index is 2.08. The van der Waals surface area contributed by atoms with Gasteiger partial charge in [0.05, 0.1) is 11.2 Å². The van der Waals surface area contributed by atoms with Gasteiger partial charge in [-0.3, -0.25) is 15.3 Å². The predicted octanol–water partition coefficient (Wildman–Crippen LogP) is 3.63. The van der Waals surface area contributed by atoms with Crippen molar-refractivity contribution in [1.29, 1.82) is 0 Å². The van der Waals surface area contributed by atoms with Gasteiger partial charge < -0.3 is 0 Å². The van der Waals surface area contributed by atoms with Gasteiger partial charge in [-0.1, -0.05) is 25.4 Å². The SMILES string of the molecule is CCN(CC)C/C=N\Nc1ccnc2cc(Cl)ccc12. The standard InChI is InChI=1S/C15H19ClN4/c1-3-20(4-2)10-9-18-19-14-7-8-17-15-11-12(16)5-6-13(14)15/h5-9,11H,3-4,10H2,1-2H3,(H,17,19)/b18-9-. The molecule has 1 N–H and O–H groups in total. The molecule has 0 atom stereocenters. The van der Waals surface area contributed by atoms with Crippen molar-refractivity contribution in [3.63, 3.8) is 0 Å². The highest BCUT2D eigenvalue weighted by molar-refractivity contribution is 6.31. The topological polar surface area (TPSA) is 40.5 Å². The van der Waals surface area contributed by atoms with Gasteiger partial charge in [0.2, 0.25) is 0 Å². The summed E-state index contributed by atoms with van der Waals surface area (Å²) in [5.74, 6) is 0. The van der Waals surface area contributed by atoms with Gasteiger partial charge in [-0.25, -0.2) is 0 Å². The summed E-state index contributed by atoms with van der Waals surface area (Å²) in [4.78, 5) is 6.59. The van der Waals surface area contributed by atoms with E-state index in [0.717, 1.165) is 36.2 Å². The summed E-state index contributed by atoms with van der Waals surface area (Å²) >= 11 is 5.97. The summed E-state index contributed by atoms with van der Waals surface area (Å²) in [5, 5.41) is 5.97. The lowest BCUT2D eigenvalue weighted by Gasteiger charge is -2.14. The fourth-order valence-corrected chi connectivity index (χ4v) is 2.14. The first-order chi connectivity index (χ1) is 9.74. The van der Waals surface area contributed by atoms with Crippen LogP contribution < -0.4 is 5.43 Å². The molecule has 0 unspecified atom stereocenters. The monoisotopic (exact) mass is 290 g/mol. The maximum absolute atomic E-state index is 5.97. The molecule has 0 radical (unpaired) electrons. The molecule has 0 aliphatic heterocycles. The summed E-state index contributed by atoms with van der Waals surface area (Å²) in [6.45, 7) is 7.18. The molecule has 0 fully saturated rings. The van der Waals surface area contributed by atoms with Crippen LogP contribution in [0.4, 0.5) is 5.69 Å². The number of hydrazone groups is 1. The highest BCUT2D eigenvalue weighted by atomic mass is 35.5. The maximum Gasteiger partial charge on any atom is 0.0738 e. The Kier molecular flexibility index (Phi) is 5.32. The Morgan fingerprint density at radius 2 is 2.10 bits per heavy atom. The number of halogens is 1. The summed E-state index contributed by atoms with van der Waals surface area (Å²) in [5.41, 5.74) is 4.87. The quantitative estimate of drug-likeness (QED) is 0.652. The third-order valence-corrected chi connectivity index (χ3v) is 3.45. The second kappa shape index (κ2) is 7.22. The Morgan fingerprint density at radius 1 is 1.30 bits per heavy atom.